The number of likely N-dealkylation sites (tertiary alicyclic amines) is 1. The highest BCUT2D eigenvalue weighted by atomic mass is 35.5. The number of carbonyl (C=O) groups excluding carboxylic acids is 2. The minimum Gasteiger partial charge on any atom is -0.493 e. The van der Waals surface area contributed by atoms with Crippen molar-refractivity contribution in [2.45, 2.75) is 19.3 Å². The Morgan fingerprint density at radius 1 is 1.03 bits per heavy atom. The van der Waals surface area contributed by atoms with Crippen LogP contribution in [0.2, 0.25) is 5.02 Å². The molecule has 0 unspecified atom stereocenters. The van der Waals surface area contributed by atoms with E-state index in [4.69, 9.17) is 21.1 Å². The van der Waals surface area contributed by atoms with Gasteiger partial charge in [0, 0.05) is 49.1 Å². The summed E-state index contributed by atoms with van der Waals surface area (Å²) < 4.78 is 39.1. The van der Waals surface area contributed by atoms with Gasteiger partial charge in [-0.2, -0.15) is 0 Å². The largest absolute Gasteiger partial charge is 0.493 e. The molecule has 0 spiro atoms. The molecule has 2 aliphatic rings. The van der Waals surface area contributed by atoms with Gasteiger partial charge in [0.05, 0.1) is 25.4 Å². The quantitative estimate of drug-likeness (QED) is 0.607. The Morgan fingerprint density at radius 2 is 1.76 bits per heavy atom. The predicted molar refractivity (Wildman–Crippen MR) is 123 cm³/mol. The van der Waals surface area contributed by atoms with Crippen molar-refractivity contribution in [1.82, 2.24) is 9.80 Å². The smallest absolute Gasteiger partial charge is 0.256 e. The molecule has 0 radical (unpaired) electrons. The first-order chi connectivity index (χ1) is 16.3. The van der Waals surface area contributed by atoms with Crippen LogP contribution in [-0.4, -0.2) is 67.6 Å². The van der Waals surface area contributed by atoms with Crippen molar-refractivity contribution >= 4 is 23.4 Å². The van der Waals surface area contributed by atoms with Gasteiger partial charge < -0.3 is 19.3 Å². The molecule has 0 saturated carbocycles. The van der Waals surface area contributed by atoms with Gasteiger partial charge in [-0.1, -0.05) is 11.6 Å². The number of amides is 2. The summed E-state index contributed by atoms with van der Waals surface area (Å²) in [6, 6.07) is 9.87. The van der Waals surface area contributed by atoms with Crippen molar-refractivity contribution in [2.75, 3.05) is 46.0 Å². The molecule has 2 saturated heterocycles. The van der Waals surface area contributed by atoms with Crippen molar-refractivity contribution in [2.24, 2.45) is 5.41 Å². The van der Waals surface area contributed by atoms with Gasteiger partial charge >= 0.3 is 0 Å². The average molecular weight is 493 g/mol. The van der Waals surface area contributed by atoms with E-state index in [-0.39, 0.29) is 31.0 Å². The Bertz CT molecular complexity index is 1030. The van der Waals surface area contributed by atoms with Crippen LogP contribution < -0.4 is 4.74 Å². The fourth-order valence-electron chi connectivity index (χ4n) is 4.54. The fraction of sp³-hybridized carbons (Fsp3) is 0.440. The zero-order valence-corrected chi connectivity index (χ0v) is 19.5. The number of nitrogens with zero attached hydrogens (tertiary/aromatic N) is 2. The number of halogens is 3. The molecule has 2 heterocycles. The standard InChI is InChI=1S/C25H27ClF2N2O4/c26-18-2-5-20(6-3-18)34-17-25(15-23(31)29-10-12-33-13-11-29)8-1-9-30(16-25)24(32)21-7-4-19(27)14-22(21)28/h2-7,14H,1,8-13,15-17H2/t25-/m0/s1. The molecule has 2 aromatic carbocycles. The summed E-state index contributed by atoms with van der Waals surface area (Å²) in [5.74, 6) is -1.58. The summed E-state index contributed by atoms with van der Waals surface area (Å²) in [4.78, 5) is 29.6. The lowest BCUT2D eigenvalue weighted by Gasteiger charge is -2.43. The van der Waals surface area contributed by atoms with Crippen molar-refractivity contribution in [3.8, 4) is 5.75 Å². The molecule has 0 aromatic heterocycles. The lowest BCUT2D eigenvalue weighted by Crippen LogP contribution is -2.52. The van der Waals surface area contributed by atoms with Gasteiger partial charge in [0.2, 0.25) is 5.91 Å². The maximum Gasteiger partial charge on any atom is 0.256 e. The molecule has 0 aliphatic carbocycles. The van der Waals surface area contributed by atoms with Gasteiger partial charge in [-0.15, -0.1) is 0 Å². The van der Waals surface area contributed by atoms with E-state index in [1.165, 1.54) is 4.90 Å². The summed E-state index contributed by atoms with van der Waals surface area (Å²) in [6.45, 7) is 2.90. The van der Waals surface area contributed by atoms with E-state index in [0.29, 0.717) is 62.5 Å². The van der Waals surface area contributed by atoms with Crippen molar-refractivity contribution in [3.63, 3.8) is 0 Å². The number of ether oxygens (including phenoxy) is 2. The van der Waals surface area contributed by atoms with Crippen molar-refractivity contribution < 1.29 is 27.8 Å². The molecule has 182 valence electrons. The first-order valence-electron chi connectivity index (χ1n) is 11.3. The van der Waals surface area contributed by atoms with Crippen molar-refractivity contribution in [1.29, 1.82) is 0 Å². The SMILES string of the molecule is O=C(C[C@@]1(COc2ccc(Cl)cc2)CCCN(C(=O)c2ccc(F)cc2F)C1)N1CCOCC1. The number of rotatable bonds is 6. The van der Waals surface area contributed by atoms with Crippen LogP contribution in [0.4, 0.5) is 8.78 Å². The number of hydrogen-bond acceptors (Lipinski definition) is 4. The van der Waals surface area contributed by atoms with Gasteiger partial charge in [-0.25, -0.2) is 8.78 Å². The maximum absolute atomic E-state index is 14.3. The lowest BCUT2D eigenvalue weighted by molar-refractivity contribution is -0.139. The summed E-state index contributed by atoms with van der Waals surface area (Å²) in [5, 5.41) is 0.584. The van der Waals surface area contributed by atoms with Gasteiger partial charge in [0.25, 0.3) is 5.91 Å². The van der Waals surface area contributed by atoms with E-state index >= 15 is 0 Å². The molecule has 0 bridgehead atoms. The third kappa shape index (κ3) is 5.85. The van der Waals surface area contributed by atoms with Crippen LogP contribution in [0.5, 0.6) is 5.75 Å². The second-order valence-corrected chi connectivity index (χ2v) is 9.30. The van der Waals surface area contributed by atoms with E-state index in [1.807, 2.05) is 0 Å². The summed E-state index contributed by atoms with van der Waals surface area (Å²) in [6.07, 6.45) is 1.50. The van der Waals surface area contributed by atoms with Gasteiger partial charge in [0.15, 0.2) is 0 Å². The third-order valence-corrected chi connectivity index (χ3v) is 6.61. The fourth-order valence-corrected chi connectivity index (χ4v) is 4.67. The van der Waals surface area contributed by atoms with E-state index in [0.717, 1.165) is 12.1 Å². The Kier molecular flexibility index (Phi) is 7.68. The van der Waals surface area contributed by atoms with Crippen LogP contribution in [0, 0.1) is 17.0 Å². The van der Waals surface area contributed by atoms with Gasteiger partial charge in [-0.05, 0) is 49.2 Å². The average Bonchev–Trinajstić information content (AvgIpc) is 2.84. The van der Waals surface area contributed by atoms with Crippen LogP contribution in [-0.2, 0) is 9.53 Å². The van der Waals surface area contributed by atoms with Crippen LogP contribution in [0.3, 0.4) is 0 Å². The minimum atomic E-state index is -0.900. The number of morpholine rings is 1. The molecule has 34 heavy (non-hydrogen) atoms. The molecule has 2 aliphatic heterocycles. The van der Waals surface area contributed by atoms with Crippen LogP contribution >= 0.6 is 11.6 Å². The van der Waals surface area contributed by atoms with E-state index < -0.39 is 23.0 Å². The van der Waals surface area contributed by atoms with Crippen LogP contribution in [0.15, 0.2) is 42.5 Å². The van der Waals surface area contributed by atoms with E-state index in [9.17, 15) is 18.4 Å². The zero-order valence-electron chi connectivity index (χ0n) is 18.8. The number of piperidine rings is 1. The number of benzene rings is 2. The molecule has 0 N–H and O–H groups in total. The monoisotopic (exact) mass is 492 g/mol. The Morgan fingerprint density at radius 3 is 2.47 bits per heavy atom. The molecule has 2 amide bonds. The lowest BCUT2D eigenvalue weighted by atomic mass is 9.77. The second kappa shape index (κ2) is 10.7. The highest BCUT2D eigenvalue weighted by molar-refractivity contribution is 6.30. The van der Waals surface area contributed by atoms with Crippen LogP contribution in [0.25, 0.3) is 0 Å². The molecular weight excluding hydrogens is 466 g/mol. The van der Waals surface area contributed by atoms with Gasteiger partial charge in [-0.3, -0.25) is 9.59 Å². The molecule has 1 atom stereocenters. The highest BCUT2D eigenvalue weighted by Crippen LogP contribution is 2.36. The second-order valence-electron chi connectivity index (χ2n) is 8.87. The third-order valence-electron chi connectivity index (χ3n) is 6.36. The molecule has 2 aromatic rings. The Balaban J connectivity index is 1.54. The minimum absolute atomic E-state index is 0.0229. The van der Waals surface area contributed by atoms with E-state index in [1.54, 1.807) is 29.2 Å². The molecule has 2 fully saturated rings. The van der Waals surface area contributed by atoms with Crippen LogP contribution in [0.1, 0.15) is 29.6 Å². The van der Waals surface area contributed by atoms with Crippen molar-refractivity contribution in [3.05, 3.63) is 64.7 Å². The summed E-state index contributed by atoms with van der Waals surface area (Å²) in [7, 11) is 0. The normalized spacial score (nSPS) is 20.8. The Hall–Kier alpha value is -2.71. The molecule has 4 rings (SSSR count). The molecular formula is C25H27ClF2N2O4. The zero-order chi connectivity index (χ0) is 24.1. The number of hydrogen-bond donors (Lipinski definition) is 0. The molecule has 9 heteroatoms. The first-order valence-corrected chi connectivity index (χ1v) is 11.7. The topological polar surface area (TPSA) is 59.1 Å². The highest BCUT2D eigenvalue weighted by Gasteiger charge is 2.41. The number of carbonyl (C=O) groups is 2. The molecule has 6 nitrogen and oxygen atoms in total. The summed E-state index contributed by atoms with van der Waals surface area (Å²) in [5.41, 5.74) is -0.838. The maximum atomic E-state index is 14.3. The van der Waals surface area contributed by atoms with Gasteiger partial charge in [0.1, 0.15) is 17.4 Å². The summed E-state index contributed by atoms with van der Waals surface area (Å²) >= 11 is 5.96. The predicted octanol–water partition coefficient (Wildman–Crippen LogP) is 4.17. The van der Waals surface area contributed by atoms with E-state index in [2.05, 4.69) is 0 Å². The first kappa shape index (κ1) is 24.4. The Labute approximate surface area is 202 Å².